The zero-order chi connectivity index (χ0) is 14.1. The number of hydrogen-bond acceptors (Lipinski definition) is 3. The fourth-order valence-electron chi connectivity index (χ4n) is 3.12. The number of hydrogen-bond donors (Lipinski definition) is 0. The van der Waals surface area contributed by atoms with Gasteiger partial charge in [0.1, 0.15) is 11.6 Å². The number of ether oxygens (including phenoxy) is 1. The number of alkyl halides is 1. The molecule has 0 N–H and O–H groups in total. The molecule has 108 valence electrons. The van der Waals surface area contributed by atoms with E-state index in [0.717, 1.165) is 27.9 Å². The van der Waals surface area contributed by atoms with Crippen molar-refractivity contribution in [3.05, 3.63) is 24.0 Å². The molecule has 2 aromatic rings. The molecule has 1 heterocycles. The van der Waals surface area contributed by atoms with E-state index in [1.807, 2.05) is 23.9 Å². The van der Waals surface area contributed by atoms with E-state index in [1.165, 1.54) is 19.3 Å². The summed E-state index contributed by atoms with van der Waals surface area (Å²) in [6, 6.07) is 6.56. The Balaban J connectivity index is 2.07. The molecule has 0 spiro atoms. The molecule has 0 amide bonds. The second-order valence-corrected chi connectivity index (χ2v) is 6.62. The zero-order valence-corrected chi connectivity index (χ0v) is 13.4. The number of nitrogens with zero attached hydrogens (tertiary/aromatic N) is 2. The first-order chi connectivity index (χ1) is 9.76. The third-order valence-corrected chi connectivity index (χ3v) is 5.48. The number of methoxy groups -OCH3 is 1. The lowest BCUT2D eigenvalue weighted by Crippen LogP contribution is -2.09. The Bertz CT molecular complexity index is 613. The highest BCUT2D eigenvalue weighted by molar-refractivity contribution is 7.99. The van der Waals surface area contributed by atoms with E-state index in [2.05, 4.69) is 21.9 Å². The van der Waals surface area contributed by atoms with Gasteiger partial charge in [-0.05, 0) is 37.7 Å². The van der Waals surface area contributed by atoms with Crippen LogP contribution in [0.1, 0.15) is 31.1 Å². The molecule has 1 aliphatic rings. The van der Waals surface area contributed by atoms with Crippen molar-refractivity contribution in [2.45, 2.75) is 36.4 Å². The molecule has 3 rings (SSSR count). The number of thioether (sulfide) groups is 1. The van der Waals surface area contributed by atoms with Crippen LogP contribution in [0.2, 0.25) is 0 Å². The Morgan fingerprint density at radius 3 is 2.95 bits per heavy atom. The average molecular weight is 311 g/mol. The van der Waals surface area contributed by atoms with Crippen molar-refractivity contribution in [1.29, 1.82) is 0 Å². The minimum atomic E-state index is 0.456. The van der Waals surface area contributed by atoms with E-state index >= 15 is 0 Å². The maximum absolute atomic E-state index is 6.11. The Labute approximate surface area is 128 Å². The summed E-state index contributed by atoms with van der Waals surface area (Å²) in [5, 5.41) is 0.756. The van der Waals surface area contributed by atoms with Gasteiger partial charge in [0.05, 0.1) is 24.0 Å². The summed E-state index contributed by atoms with van der Waals surface area (Å²) in [7, 11) is 1.70. The molecule has 1 aromatic carbocycles. The third-order valence-electron chi connectivity index (χ3n) is 4.14. The lowest BCUT2D eigenvalue weighted by atomic mass is 10.2. The van der Waals surface area contributed by atoms with Crippen LogP contribution in [0.15, 0.2) is 18.2 Å². The Morgan fingerprint density at radius 1 is 1.45 bits per heavy atom. The molecule has 5 heteroatoms. The van der Waals surface area contributed by atoms with Gasteiger partial charge in [-0.25, -0.2) is 4.98 Å². The van der Waals surface area contributed by atoms with Crippen LogP contribution in [0.25, 0.3) is 11.0 Å². The second-order valence-electron chi connectivity index (χ2n) is 5.21. The minimum Gasteiger partial charge on any atom is -0.497 e. The summed E-state index contributed by atoms with van der Waals surface area (Å²) in [6.45, 7) is 0. The Kier molecular flexibility index (Phi) is 4.13. The maximum Gasteiger partial charge on any atom is 0.125 e. The lowest BCUT2D eigenvalue weighted by Gasteiger charge is -2.16. The molecule has 2 unspecified atom stereocenters. The van der Waals surface area contributed by atoms with Crippen LogP contribution in [0.4, 0.5) is 0 Å². The number of halogens is 1. The molecule has 1 aromatic heterocycles. The molecule has 1 aliphatic carbocycles. The van der Waals surface area contributed by atoms with Gasteiger partial charge in [-0.2, -0.15) is 11.8 Å². The van der Waals surface area contributed by atoms with Gasteiger partial charge in [0.15, 0.2) is 0 Å². The fourth-order valence-corrected chi connectivity index (χ4v) is 4.09. The average Bonchev–Trinajstić information content (AvgIpc) is 3.09. The first-order valence-electron chi connectivity index (χ1n) is 6.90. The molecular weight excluding hydrogens is 292 g/mol. The molecule has 0 aliphatic heterocycles. The van der Waals surface area contributed by atoms with Crippen LogP contribution in [0, 0.1) is 0 Å². The highest BCUT2D eigenvalue weighted by Gasteiger charge is 2.28. The molecule has 2 atom stereocenters. The van der Waals surface area contributed by atoms with Crippen molar-refractivity contribution in [2.24, 2.45) is 0 Å². The van der Waals surface area contributed by atoms with E-state index in [-0.39, 0.29) is 0 Å². The van der Waals surface area contributed by atoms with Crippen molar-refractivity contribution in [2.75, 3.05) is 13.4 Å². The summed E-state index contributed by atoms with van der Waals surface area (Å²) < 4.78 is 7.68. The van der Waals surface area contributed by atoms with E-state index < -0.39 is 0 Å². The monoisotopic (exact) mass is 310 g/mol. The molecule has 3 nitrogen and oxygen atoms in total. The van der Waals surface area contributed by atoms with E-state index in [4.69, 9.17) is 16.3 Å². The van der Waals surface area contributed by atoms with Crippen LogP contribution >= 0.6 is 23.4 Å². The van der Waals surface area contributed by atoms with E-state index in [0.29, 0.717) is 11.9 Å². The van der Waals surface area contributed by atoms with Gasteiger partial charge in [-0.1, -0.05) is 0 Å². The standard InChI is InChI=1S/C15H19ClN2OS/c1-19-11-4-6-13-14(8-11)18(15(9-16)17-13)10-3-5-12(7-10)20-2/h4,6,8,10,12H,3,5,7,9H2,1-2H3. The number of fused-ring (bicyclic) bond motifs is 1. The van der Waals surface area contributed by atoms with Crippen molar-refractivity contribution in [3.63, 3.8) is 0 Å². The first-order valence-corrected chi connectivity index (χ1v) is 8.72. The highest BCUT2D eigenvalue weighted by atomic mass is 35.5. The zero-order valence-electron chi connectivity index (χ0n) is 11.8. The van der Waals surface area contributed by atoms with Crippen LogP contribution in [-0.4, -0.2) is 28.2 Å². The summed E-state index contributed by atoms with van der Waals surface area (Å²) in [4.78, 5) is 4.67. The predicted octanol–water partition coefficient (Wildman–Crippen LogP) is 4.24. The van der Waals surface area contributed by atoms with Crippen LogP contribution in [0.3, 0.4) is 0 Å². The van der Waals surface area contributed by atoms with Crippen LogP contribution in [0.5, 0.6) is 5.75 Å². The Morgan fingerprint density at radius 2 is 2.30 bits per heavy atom. The van der Waals surface area contributed by atoms with Crippen LogP contribution < -0.4 is 4.74 Å². The van der Waals surface area contributed by atoms with Gasteiger partial charge in [-0.3, -0.25) is 0 Å². The molecular formula is C15H19ClN2OS. The van der Waals surface area contributed by atoms with Gasteiger partial charge in [-0.15, -0.1) is 11.6 Å². The normalized spacial score (nSPS) is 22.6. The SMILES string of the molecule is COc1ccc2nc(CCl)n(C3CCC(SC)C3)c2c1. The molecule has 1 saturated carbocycles. The van der Waals surface area contributed by atoms with Crippen LogP contribution in [-0.2, 0) is 5.88 Å². The molecule has 0 saturated heterocycles. The number of benzene rings is 1. The van der Waals surface area contributed by atoms with Gasteiger partial charge in [0.2, 0.25) is 0 Å². The van der Waals surface area contributed by atoms with E-state index in [9.17, 15) is 0 Å². The number of imidazole rings is 1. The maximum atomic E-state index is 6.11. The van der Waals surface area contributed by atoms with Gasteiger partial charge < -0.3 is 9.30 Å². The van der Waals surface area contributed by atoms with Gasteiger partial charge in [0.25, 0.3) is 0 Å². The topological polar surface area (TPSA) is 27.1 Å². The largest absolute Gasteiger partial charge is 0.497 e. The summed E-state index contributed by atoms with van der Waals surface area (Å²) in [5.41, 5.74) is 2.15. The van der Waals surface area contributed by atoms with E-state index in [1.54, 1.807) is 7.11 Å². The first kappa shape index (κ1) is 14.1. The molecule has 0 bridgehead atoms. The summed E-state index contributed by atoms with van der Waals surface area (Å²) >= 11 is 8.07. The Hall–Kier alpha value is -0.870. The smallest absolute Gasteiger partial charge is 0.125 e. The fraction of sp³-hybridized carbons (Fsp3) is 0.533. The molecule has 20 heavy (non-hydrogen) atoms. The van der Waals surface area contributed by atoms with Crippen molar-refractivity contribution >= 4 is 34.4 Å². The number of rotatable bonds is 4. The molecule has 1 fully saturated rings. The quantitative estimate of drug-likeness (QED) is 0.790. The predicted molar refractivity (Wildman–Crippen MR) is 86.0 cm³/mol. The van der Waals surface area contributed by atoms with Gasteiger partial charge >= 0.3 is 0 Å². The summed E-state index contributed by atoms with van der Waals surface area (Å²) in [6.07, 6.45) is 5.88. The highest BCUT2D eigenvalue weighted by Crippen LogP contribution is 2.39. The summed E-state index contributed by atoms with van der Waals surface area (Å²) in [5.74, 6) is 2.30. The minimum absolute atomic E-state index is 0.456. The van der Waals surface area contributed by atoms with Gasteiger partial charge in [0, 0.05) is 17.4 Å². The third kappa shape index (κ3) is 2.40. The number of aromatic nitrogens is 2. The lowest BCUT2D eigenvalue weighted by molar-refractivity contribution is 0.415. The molecule has 0 radical (unpaired) electrons. The second kappa shape index (κ2) is 5.86. The van der Waals surface area contributed by atoms with Crippen molar-refractivity contribution in [1.82, 2.24) is 9.55 Å². The van der Waals surface area contributed by atoms with Crippen molar-refractivity contribution in [3.8, 4) is 5.75 Å². The van der Waals surface area contributed by atoms with Crippen molar-refractivity contribution < 1.29 is 4.74 Å².